The molecule has 1 spiro atoms. The van der Waals surface area contributed by atoms with E-state index in [1.165, 1.54) is 5.56 Å². The molecule has 0 saturated carbocycles. The van der Waals surface area contributed by atoms with Gasteiger partial charge >= 0.3 is 5.97 Å². The number of carbonyl (C=O) groups excluding carboxylic acids is 1. The minimum Gasteiger partial charge on any atom is -0.481 e. The van der Waals surface area contributed by atoms with E-state index in [2.05, 4.69) is 11.1 Å². The molecule has 2 aromatic carbocycles. The normalized spacial score (nSPS) is 20.4. The highest BCUT2D eigenvalue weighted by Crippen LogP contribution is 2.51. The number of benzene rings is 2. The van der Waals surface area contributed by atoms with Crippen molar-refractivity contribution in [2.75, 3.05) is 13.1 Å². The largest absolute Gasteiger partial charge is 0.481 e. The Labute approximate surface area is 163 Å². The average molecular weight is 374 g/mol. The molecule has 0 radical (unpaired) electrons. The summed E-state index contributed by atoms with van der Waals surface area (Å²) in [5.74, 6) is -1.13. The van der Waals surface area contributed by atoms with Crippen molar-refractivity contribution in [2.24, 2.45) is 0 Å². The number of aliphatic carboxylic acids is 1. The smallest absolute Gasteiger partial charge is 0.311 e. The number of likely N-dealkylation sites (tertiary alicyclic amines) is 1. The van der Waals surface area contributed by atoms with Gasteiger partial charge in [-0.05, 0) is 48.6 Å². The molecule has 1 aliphatic carbocycles. The minimum absolute atomic E-state index is 0.0566. The maximum Gasteiger partial charge on any atom is 0.311 e. The fraction of sp³-hybridized carbons (Fsp3) is 0.304. The predicted octanol–water partition coefficient (Wildman–Crippen LogP) is 3.91. The zero-order valence-electron chi connectivity index (χ0n) is 15.5. The fourth-order valence-corrected chi connectivity index (χ4v) is 5.17. The van der Waals surface area contributed by atoms with E-state index in [1.807, 2.05) is 53.6 Å². The molecule has 1 aliphatic heterocycles. The fourth-order valence-electron chi connectivity index (χ4n) is 5.17. The molecule has 28 heavy (non-hydrogen) atoms. The van der Waals surface area contributed by atoms with Gasteiger partial charge in [-0.15, -0.1) is 0 Å². The molecule has 1 unspecified atom stereocenters. The van der Waals surface area contributed by atoms with E-state index in [0.29, 0.717) is 19.5 Å². The van der Waals surface area contributed by atoms with Gasteiger partial charge in [-0.3, -0.25) is 9.59 Å². The number of nitrogens with one attached hydrogen (secondary N) is 1. The lowest BCUT2D eigenvalue weighted by atomic mass is 9.73. The molecule has 142 valence electrons. The number of hydrogen-bond acceptors (Lipinski definition) is 2. The lowest BCUT2D eigenvalue weighted by Crippen LogP contribution is -2.44. The molecular weight excluding hydrogens is 352 g/mol. The van der Waals surface area contributed by atoms with Gasteiger partial charge < -0.3 is 15.0 Å². The zero-order chi connectivity index (χ0) is 19.3. The number of hydrogen-bond donors (Lipinski definition) is 2. The second kappa shape index (κ2) is 6.23. The maximum absolute atomic E-state index is 13.2. The van der Waals surface area contributed by atoms with Crippen LogP contribution in [0.25, 0.3) is 10.9 Å². The summed E-state index contributed by atoms with van der Waals surface area (Å²) in [4.78, 5) is 30.0. The van der Waals surface area contributed by atoms with E-state index in [9.17, 15) is 14.7 Å². The molecule has 5 heteroatoms. The molecule has 1 saturated heterocycles. The lowest BCUT2D eigenvalue weighted by Gasteiger charge is -2.40. The van der Waals surface area contributed by atoms with Gasteiger partial charge in [0, 0.05) is 41.2 Å². The SMILES string of the molecule is O=C(O)C1CC2(CCN(C(=O)c3cccc4[nH]ccc34)CC2)c2ccccc21. The van der Waals surface area contributed by atoms with Gasteiger partial charge in [0.1, 0.15) is 0 Å². The Hall–Kier alpha value is -3.08. The topological polar surface area (TPSA) is 73.4 Å². The minimum atomic E-state index is -0.748. The van der Waals surface area contributed by atoms with Gasteiger partial charge in [0.05, 0.1) is 5.92 Å². The number of H-pyrrole nitrogens is 1. The highest BCUT2D eigenvalue weighted by molar-refractivity contribution is 6.06. The van der Waals surface area contributed by atoms with Crippen LogP contribution in [0.5, 0.6) is 0 Å². The van der Waals surface area contributed by atoms with Crippen molar-refractivity contribution in [3.8, 4) is 0 Å². The van der Waals surface area contributed by atoms with E-state index < -0.39 is 11.9 Å². The first-order valence-corrected chi connectivity index (χ1v) is 9.77. The quantitative estimate of drug-likeness (QED) is 0.714. The molecule has 5 nitrogen and oxygen atoms in total. The highest BCUT2D eigenvalue weighted by atomic mass is 16.4. The van der Waals surface area contributed by atoms with Gasteiger partial charge in [-0.1, -0.05) is 30.3 Å². The summed E-state index contributed by atoms with van der Waals surface area (Å²) in [5.41, 5.74) is 3.68. The summed E-state index contributed by atoms with van der Waals surface area (Å²) in [7, 11) is 0. The van der Waals surface area contributed by atoms with Gasteiger partial charge in [0.15, 0.2) is 0 Å². The van der Waals surface area contributed by atoms with Crippen molar-refractivity contribution in [2.45, 2.75) is 30.6 Å². The number of nitrogens with zero attached hydrogens (tertiary/aromatic N) is 1. The van der Waals surface area contributed by atoms with Crippen LogP contribution in [0, 0.1) is 0 Å². The van der Waals surface area contributed by atoms with Crippen molar-refractivity contribution < 1.29 is 14.7 Å². The Morgan fingerprint density at radius 3 is 2.61 bits per heavy atom. The summed E-state index contributed by atoms with van der Waals surface area (Å²) in [5, 5.41) is 10.6. The van der Waals surface area contributed by atoms with Gasteiger partial charge in [-0.25, -0.2) is 0 Å². The van der Waals surface area contributed by atoms with Gasteiger partial charge in [-0.2, -0.15) is 0 Å². The summed E-state index contributed by atoms with van der Waals surface area (Å²) in [6.07, 6.45) is 4.11. The number of aromatic nitrogens is 1. The molecule has 5 rings (SSSR count). The first-order chi connectivity index (χ1) is 13.6. The first-order valence-electron chi connectivity index (χ1n) is 9.77. The molecule has 1 aromatic heterocycles. The molecule has 3 aromatic rings. The lowest BCUT2D eigenvalue weighted by molar-refractivity contribution is -0.139. The molecular formula is C23H22N2O3. The highest BCUT2D eigenvalue weighted by Gasteiger charge is 2.48. The number of fused-ring (bicyclic) bond motifs is 3. The third-order valence-electron chi connectivity index (χ3n) is 6.63. The molecule has 2 N–H and O–H groups in total. The third-order valence-corrected chi connectivity index (χ3v) is 6.63. The summed E-state index contributed by atoms with van der Waals surface area (Å²) in [6, 6.07) is 15.6. The van der Waals surface area contributed by atoms with Crippen LogP contribution in [0.2, 0.25) is 0 Å². The number of aromatic amines is 1. The zero-order valence-corrected chi connectivity index (χ0v) is 15.5. The number of carbonyl (C=O) groups is 2. The second-order valence-electron chi connectivity index (χ2n) is 8.00. The maximum atomic E-state index is 13.2. The van der Waals surface area contributed by atoms with Crippen molar-refractivity contribution in [1.29, 1.82) is 0 Å². The van der Waals surface area contributed by atoms with Crippen molar-refractivity contribution in [3.05, 3.63) is 71.4 Å². The average Bonchev–Trinajstić information content (AvgIpc) is 3.32. The Morgan fingerprint density at radius 1 is 1.04 bits per heavy atom. The van der Waals surface area contributed by atoms with Crippen LogP contribution >= 0.6 is 0 Å². The van der Waals surface area contributed by atoms with E-state index in [4.69, 9.17) is 0 Å². The van der Waals surface area contributed by atoms with Crippen molar-refractivity contribution >= 4 is 22.8 Å². The number of carboxylic acid groups (broad SMARTS) is 1. The van der Waals surface area contributed by atoms with E-state index in [0.717, 1.165) is 34.9 Å². The van der Waals surface area contributed by atoms with Crippen molar-refractivity contribution in [1.82, 2.24) is 9.88 Å². The first kappa shape index (κ1) is 17.0. The number of carboxylic acids is 1. The monoisotopic (exact) mass is 374 g/mol. The summed E-state index contributed by atoms with van der Waals surface area (Å²) >= 11 is 0. The molecule has 1 atom stereocenters. The molecule has 2 heterocycles. The van der Waals surface area contributed by atoms with E-state index >= 15 is 0 Å². The number of piperidine rings is 1. The molecule has 2 aliphatic rings. The predicted molar refractivity (Wildman–Crippen MR) is 107 cm³/mol. The number of amides is 1. The van der Waals surface area contributed by atoms with Crippen LogP contribution in [-0.4, -0.2) is 40.0 Å². The van der Waals surface area contributed by atoms with Crippen LogP contribution in [0.1, 0.15) is 46.7 Å². The third kappa shape index (κ3) is 2.46. The Morgan fingerprint density at radius 2 is 1.82 bits per heavy atom. The summed E-state index contributed by atoms with van der Waals surface area (Å²) < 4.78 is 0. The molecule has 1 amide bonds. The van der Waals surface area contributed by atoms with Gasteiger partial charge in [0.2, 0.25) is 0 Å². The van der Waals surface area contributed by atoms with E-state index in [1.54, 1.807) is 0 Å². The van der Waals surface area contributed by atoms with Crippen LogP contribution < -0.4 is 0 Å². The Bertz CT molecular complexity index is 1080. The summed E-state index contributed by atoms with van der Waals surface area (Å²) in [6.45, 7) is 1.31. The van der Waals surface area contributed by atoms with Crippen LogP contribution in [0.4, 0.5) is 0 Å². The van der Waals surface area contributed by atoms with E-state index in [-0.39, 0.29) is 11.3 Å². The Balaban J connectivity index is 1.40. The standard InChI is InChI=1S/C23H22N2O3/c26-21(17-5-3-7-20-16(17)8-11-24-20)25-12-9-23(10-13-25)14-18(22(27)28)15-4-1-2-6-19(15)23/h1-8,11,18,24H,9-10,12-14H2,(H,27,28). The van der Waals surface area contributed by atoms with Crippen LogP contribution in [-0.2, 0) is 10.2 Å². The van der Waals surface area contributed by atoms with Crippen molar-refractivity contribution in [3.63, 3.8) is 0 Å². The second-order valence-corrected chi connectivity index (χ2v) is 8.00. The van der Waals surface area contributed by atoms with Crippen LogP contribution in [0.3, 0.4) is 0 Å². The molecule has 1 fully saturated rings. The Kier molecular flexibility index (Phi) is 3.79. The van der Waals surface area contributed by atoms with Crippen LogP contribution in [0.15, 0.2) is 54.7 Å². The number of rotatable bonds is 2. The molecule has 0 bridgehead atoms. The van der Waals surface area contributed by atoms with Gasteiger partial charge in [0.25, 0.3) is 5.91 Å².